The quantitative estimate of drug-likeness (QED) is 0.358. The summed E-state index contributed by atoms with van der Waals surface area (Å²) in [6, 6.07) is 19.1. The first-order chi connectivity index (χ1) is 17.6. The smallest absolute Gasteiger partial charge is 0.312 e. The van der Waals surface area contributed by atoms with E-state index in [1.807, 2.05) is 42.5 Å². The molecule has 0 amide bonds. The van der Waals surface area contributed by atoms with Gasteiger partial charge in [-0.25, -0.2) is 17.5 Å². The van der Waals surface area contributed by atoms with Crippen LogP contribution in [0.3, 0.4) is 0 Å². The topological polar surface area (TPSA) is 81.7 Å². The van der Waals surface area contributed by atoms with Gasteiger partial charge in [0.25, 0.3) is 0 Å². The van der Waals surface area contributed by atoms with Gasteiger partial charge in [0.15, 0.2) is 11.6 Å². The highest BCUT2D eigenvalue weighted by atomic mass is 35.5. The van der Waals surface area contributed by atoms with Crippen LogP contribution in [0.5, 0.6) is 5.75 Å². The van der Waals surface area contributed by atoms with Gasteiger partial charge in [-0.2, -0.15) is 0 Å². The second-order valence-electron chi connectivity index (χ2n) is 9.48. The fourth-order valence-corrected chi connectivity index (χ4v) is 6.07. The minimum absolute atomic E-state index is 0.0892. The number of carbonyl (C=O) groups is 1. The SMILES string of the molecule is COC(=O)[C@@]1(Cc2ccc(Cl)c(-c3cccc(F)c3OCc3ccccc3)c2)CC[C@H](NS(C)(=O)=O)C1. The van der Waals surface area contributed by atoms with Crippen molar-refractivity contribution in [1.29, 1.82) is 0 Å². The summed E-state index contributed by atoms with van der Waals surface area (Å²) in [5.74, 6) is -0.808. The third-order valence-electron chi connectivity index (χ3n) is 6.66. The summed E-state index contributed by atoms with van der Waals surface area (Å²) in [6.07, 6.45) is 2.73. The largest absolute Gasteiger partial charge is 0.485 e. The highest BCUT2D eigenvalue weighted by molar-refractivity contribution is 7.88. The van der Waals surface area contributed by atoms with Crippen LogP contribution in [0.25, 0.3) is 11.1 Å². The van der Waals surface area contributed by atoms with E-state index in [0.717, 1.165) is 17.4 Å². The van der Waals surface area contributed by atoms with Gasteiger partial charge in [0.05, 0.1) is 18.8 Å². The number of ether oxygens (including phenoxy) is 2. The summed E-state index contributed by atoms with van der Waals surface area (Å²) in [5, 5.41) is 0.411. The van der Waals surface area contributed by atoms with Gasteiger partial charge in [0, 0.05) is 22.2 Å². The first kappa shape index (κ1) is 27.1. The number of benzene rings is 3. The van der Waals surface area contributed by atoms with E-state index in [9.17, 15) is 17.6 Å². The summed E-state index contributed by atoms with van der Waals surface area (Å²) < 4.78 is 52.0. The molecule has 37 heavy (non-hydrogen) atoms. The standard InChI is InChI=1S/C28H29ClFNO5S/c1-35-27(32)28(14-13-21(17-28)31-37(2,33)34)16-20-11-12-24(29)23(15-20)22-9-6-10-25(30)26(22)36-18-19-7-4-3-5-8-19/h3-12,15,21,31H,13-14,16-18H2,1-2H3/t21-,28+/m0/s1. The number of carbonyl (C=O) groups excluding carboxylic acids is 1. The molecule has 9 heteroatoms. The zero-order chi connectivity index (χ0) is 26.6. The lowest BCUT2D eigenvalue weighted by atomic mass is 9.79. The number of halogens is 2. The third kappa shape index (κ3) is 6.50. The molecular weight excluding hydrogens is 517 g/mol. The van der Waals surface area contributed by atoms with Crippen molar-refractivity contribution in [1.82, 2.24) is 4.72 Å². The first-order valence-electron chi connectivity index (χ1n) is 11.9. The molecule has 3 aromatic carbocycles. The van der Waals surface area contributed by atoms with Gasteiger partial charge in [0.2, 0.25) is 10.0 Å². The molecule has 1 fully saturated rings. The molecule has 2 atom stereocenters. The van der Waals surface area contributed by atoms with E-state index in [1.165, 1.54) is 13.2 Å². The van der Waals surface area contributed by atoms with Crippen molar-refractivity contribution in [2.45, 2.75) is 38.3 Å². The lowest BCUT2D eigenvalue weighted by Crippen LogP contribution is -2.37. The summed E-state index contributed by atoms with van der Waals surface area (Å²) in [6.45, 7) is 0.187. The highest BCUT2D eigenvalue weighted by Gasteiger charge is 2.47. The first-order valence-corrected chi connectivity index (χ1v) is 14.2. The summed E-state index contributed by atoms with van der Waals surface area (Å²) in [7, 11) is -2.08. The molecule has 0 saturated heterocycles. The maximum atomic E-state index is 14.9. The average molecular weight is 546 g/mol. The molecule has 3 aromatic rings. The predicted molar refractivity (Wildman–Crippen MR) is 141 cm³/mol. The number of methoxy groups -OCH3 is 1. The zero-order valence-electron chi connectivity index (χ0n) is 20.7. The van der Waals surface area contributed by atoms with E-state index in [2.05, 4.69) is 4.72 Å². The fraction of sp³-hybridized carbons (Fsp3) is 0.321. The highest BCUT2D eigenvalue weighted by Crippen LogP contribution is 2.44. The van der Waals surface area contributed by atoms with Crippen LogP contribution in [0, 0.1) is 11.2 Å². The number of esters is 1. The predicted octanol–water partition coefficient (Wildman–Crippen LogP) is 5.53. The van der Waals surface area contributed by atoms with E-state index in [-0.39, 0.29) is 24.4 Å². The number of nitrogens with one attached hydrogen (secondary N) is 1. The van der Waals surface area contributed by atoms with Crippen LogP contribution in [0.15, 0.2) is 66.7 Å². The number of rotatable bonds is 9. The number of para-hydroxylation sites is 1. The van der Waals surface area contributed by atoms with Crippen molar-refractivity contribution in [3.05, 3.63) is 88.7 Å². The Bertz CT molecular complexity index is 1380. The van der Waals surface area contributed by atoms with Crippen LogP contribution in [-0.2, 0) is 32.6 Å². The lowest BCUT2D eigenvalue weighted by Gasteiger charge is -2.27. The van der Waals surface area contributed by atoms with Crippen LogP contribution in [0.2, 0.25) is 5.02 Å². The Morgan fingerprint density at radius 1 is 1.08 bits per heavy atom. The molecule has 4 rings (SSSR count). The normalized spacial score (nSPS) is 19.5. The Labute approximate surface area is 221 Å². The molecule has 1 saturated carbocycles. The van der Waals surface area contributed by atoms with Crippen LogP contribution < -0.4 is 9.46 Å². The molecule has 6 nitrogen and oxygen atoms in total. The van der Waals surface area contributed by atoms with Gasteiger partial charge in [-0.05, 0) is 55.0 Å². The van der Waals surface area contributed by atoms with Crippen molar-refractivity contribution in [3.8, 4) is 16.9 Å². The second-order valence-corrected chi connectivity index (χ2v) is 11.7. The van der Waals surface area contributed by atoms with Crippen molar-refractivity contribution < 1.29 is 27.1 Å². The van der Waals surface area contributed by atoms with E-state index in [0.29, 0.717) is 41.8 Å². The van der Waals surface area contributed by atoms with Gasteiger partial charge in [-0.3, -0.25) is 4.79 Å². The minimum atomic E-state index is -3.41. The molecule has 0 heterocycles. The van der Waals surface area contributed by atoms with Gasteiger partial charge in [-0.1, -0.05) is 60.1 Å². The Kier molecular flexibility index (Phi) is 8.21. The molecular formula is C28H29ClFNO5S. The van der Waals surface area contributed by atoms with Crippen LogP contribution >= 0.6 is 11.6 Å². The Morgan fingerprint density at radius 2 is 1.84 bits per heavy atom. The average Bonchev–Trinajstić information content (AvgIpc) is 3.26. The van der Waals surface area contributed by atoms with E-state index in [1.54, 1.807) is 18.2 Å². The van der Waals surface area contributed by atoms with E-state index in [4.69, 9.17) is 21.1 Å². The van der Waals surface area contributed by atoms with Gasteiger partial charge < -0.3 is 9.47 Å². The fourth-order valence-electron chi connectivity index (χ4n) is 5.04. The Balaban J connectivity index is 1.65. The third-order valence-corrected chi connectivity index (χ3v) is 7.76. The van der Waals surface area contributed by atoms with Crippen LogP contribution in [0.1, 0.15) is 30.4 Å². The van der Waals surface area contributed by atoms with Crippen molar-refractivity contribution in [2.75, 3.05) is 13.4 Å². The van der Waals surface area contributed by atoms with Crippen molar-refractivity contribution in [2.24, 2.45) is 5.41 Å². The Hall–Kier alpha value is -2.94. The van der Waals surface area contributed by atoms with Crippen molar-refractivity contribution in [3.63, 3.8) is 0 Å². The maximum Gasteiger partial charge on any atom is 0.312 e. The molecule has 0 unspecified atom stereocenters. The molecule has 1 aliphatic rings. The van der Waals surface area contributed by atoms with Gasteiger partial charge in [0.1, 0.15) is 6.61 Å². The molecule has 1 aliphatic carbocycles. The Morgan fingerprint density at radius 3 is 2.54 bits per heavy atom. The minimum Gasteiger partial charge on any atom is -0.485 e. The maximum absolute atomic E-state index is 14.9. The molecule has 0 aliphatic heterocycles. The van der Waals surface area contributed by atoms with Crippen molar-refractivity contribution >= 4 is 27.6 Å². The molecule has 196 valence electrons. The molecule has 0 spiro atoms. The monoisotopic (exact) mass is 545 g/mol. The summed E-state index contributed by atoms with van der Waals surface area (Å²) in [5.41, 5.74) is 1.87. The summed E-state index contributed by atoms with van der Waals surface area (Å²) >= 11 is 6.56. The number of hydrogen-bond acceptors (Lipinski definition) is 5. The molecule has 0 aromatic heterocycles. The number of sulfonamides is 1. The van der Waals surface area contributed by atoms with Gasteiger partial charge >= 0.3 is 5.97 Å². The molecule has 0 radical (unpaired) electrons. The van der Waals surface area contributed by atoms with Crippen LogP contribution in [0.4, 0.5) is 4.39 Å². The lowest BCUT2D eigenvalue weighted by molar-refractivity contribution is -0.152. The van der Waals surface area contributed by atoms with Gasteiger partial charge in [-0.15, -0.1) is 0 Å². The molecule has 1 N–H and O–H groups in total. The molecule has 0 bridgehead atoms. The second kappa shape index (κ2) is 11.2. The summed E-state index contributed by atoms with van der Waals surface area (Å²) in [4.78, 5) is 12.9. The van der Waals surface area contributed by atoms with E-state index >= 15 is 0 Å². The number of hydrogen-bond donors (Lipinski definition) is 1. The van der Waals surface area contributed by atoms with Crippen LogP contribution in [-0.4, -0.2) is 33.8 Å². The zero-order valence-corrected chi connectivity index (χ0v) is 22.2. The van der Waals surface area contributed by atoms with E-state index < -0.39 is 21.3 Å².